The molecule has 1 saturated heterocycles. The van der Waals surface area contributed by atoms with Gasteiger partial charge in [-0.2, -0.15) is 0 Å². The second-order valence-electron chi connectivity index (χ2n) is 7.56. The van der Waals surface area contributed by atoms with Gasteiger partial charge in [0, 0.05) is 18.9 Å². The van der Waals surface area contributed by atoms with Gasteiger partial charge in [-0.3, -0.25) is 14.5 Å². The van der Waals surface area contributed by atoms with E-state index in [0.29, 0.717) is 0 Å². The molecule has 33 heavy (non-hydrogen) atoms. The zero-order valence-electron chi connectivity index (χ0n) is 17.3. The predicted molar refractivity (Wildman–Crippen MR) is 111 cm³/mol. The number of likely N-dealkylation sites (N-methyl/N-ethyl adjacent to an activating group) is 1. The third kappa shape index (κ3) is 4.76. The number of hydrogen-bond acceptors (Lipinski definition) is 5. The van der Waals surface area contributed by atoms with Gasteiger partial charge >= 0.3 is 12.4 Å². The molecular weight excluding hydrogens is 441 g/mol. The van der Waals surface area contributed by atoms with Crippen LogP contribution in [0.5, 0.6) is 5.75 Å². The lowest BCUT2D eigenvalue weighted by Crippen LogP contribution is -2.64. The van der Waals surface area contributed by atoms with E-state index < -0.39 is 42.0 Å². The fourth-order valence-corrected chi connectivity index (χ4v) is 3.79. The van der Waals surface area contributed by atoms with E-state index in [1.807, 2.05) is 6.07 Å². The van der Waals surface area contributed by atoms with Gasteiger partial charge in [-0.1, -0.05) is 30.3 Å². The lowest BCUT2D eigenvalue weighted by molar-refractivity contribution is -0.274. The summed E-state index contributed by atoms with van der Waals surface area (Å²) in [6.07, 6.45) is -3.35. The lowest BCUT2D eigenvalue weighted by Gasteiger charge is -2.37. The number of carbonyl (C=O) groups is 3. The van der Waals surface area contributed by atoms with E-state index in [4.69, 9.17) is 0 Å². The maximum Gasteiger partial charge on any atom is 0.573 e. The smallest absolute Gasteiger partial charge is 0.406 e. The monoisotopic (exact) mass is 460 g/mol. The fourth-order valence-electron chi connectivity index (χ4n) is 3.79. The van der Waals surface area contributed by atoms with Crippen molar-refractivity contribution in [3.8, 4) is 5.75 Å². The molecule has 4 amide bonds. The highest BCUT2D eigenvalue weighted by atomic mass is 19.4. The van der Waals surface area contributed by atoms with E-state index in [1.54, 1.807) is 36.2 Å². The summed E-state index contributed by atoms with van der Waals surface area (Å²) >= 11 is 0. The van der Waals surface area contributed by atoms with Crippen molar-refractivity contribution in [2.24, 2.45) is 0 Å². The second kappa shape index (κ2) is 8.49. The molecule has 0 saturated carbocycles. The summed E-state index contributed by atoms with van der Waals surface area (Å²) in [6, 6.07) is 11.4. The van der Waals surface area contributed by atoms with Crippen LogP contribution in [0.15, 0.2) is 66.4 Å². The summed E-state index contributed by atoms with van der Waals surface area (Å²) < 4.78 is 40.7. The number of amides is 4. The van der Waals surface area contributed by atoms with Crippen molar-refractivity contribution in [1.29, 1.82) is 0 Å². The molecule has 1 fully saturated rings. The zero-order valence-corrected chi connectivity index (χ0v) is 17.3. The number of urea groups is 1. The molecule has 2 N–H and O–H groups in total. The summed E-state index contributed by atoms with van der Waals surface area (Å²) in [5, 5.41) is 5.27. The van der Waals surface area contributed by atoms with E-state index in [0.717, 1.165) is 22.6 Å². The first-order valence-corrected chi connectivity index (χ1v) is 9.89. The van der Waals surface area contributed by atoms with Gasteiger partial charge in [-0.05, 0) is 29.8 Å². The van der Waals surface area contributed by atoms with Crippen LogP contribution in [0, 0.1) is 0 Å². The Balaban J connectivity index is 1.45. The number of nitrogens with zero attached hydrogens (tertiary/aromatic N) is 2. The molecule has 2 aromatic rings. The number of anilines is 1. The Labute approximate surface area is 186 Å². The second-order valence-corrected chi connectivity index (χ2v) is 7.56. The van der Waals surface area contributed by atoms with Crippen molar-refractivity contribution in [3.05, 3.63) is 71.9 Å². The van der Waals surface area contributed by atoms with Crippen molar-refractivity contribution in [1.82, 2.24) is 15.1 Å². The van der Waals surface area contributed by atoms with Crippen LogP contribution in [0.3, 0.4) is 0 Å². The number of rotatable bonds is 5. The predicted octanol–water partition coefficient (Wildman–Crippen LogP) is 2.84. The van der Waals surface area contributed by atoms with Gasteiger partial charge in [0.15, 0.2) is 0 Å². The molecule has 2 atom stereocenters. The van der Waals surface area contributed by atoms with Crippen LogP contribution < -0.4 is 15.4 Å². The number of imide groups is 1. The number of ether oxygens (including phenoxy) is 1. The van der Waals surface area contributed by atoms with Crippen LogP contribution in [-0.4, -0.2) is 53.1 Å². The fraction of sp³-hybridized carbons (Fsp3) is 0.227. The summed E-state index contributed by atoms with van der Waals surface area (Å²) in [4.78, 5) is 41.2. The highest BCUT2D eigenvalue weighted by Gasteiger charge is 2.49. The Morgan fingerprint density at radius 2 is 1.76 bits per heavy atom. The van der Waals surface area contributed by atoms with Crippen LogP contribution in [0.2, 0.25) is 0 Å². The third-order valence-corrected chi connectivity index (χ3v) is 5.27. The molecular formula is C22H19F3N4O4. The number of nitrogens with one attached hydrogen (secondary N) is 2. The molecule has 2 aromatic carbocycles. The van der Waals surface area contributed by atoms with Gasteiger partial charge in [-0.15, -0.1) is 13.2 Å². The molecule has 0 aliphatic carbocycles. The van der Waals surface area contributed by atoms with Gasteiger partial charge in [0.1, 0.15) is 11.8 Å². The summed E-state index contributed by atoms with van der Waals surface area (Å²) in [6.45, 7) is 0.0937. The molecule has 172 valence electrons. The molecule has 2 unspecified atom stereocenters. The average molecular weight is 460 g/mol. The van der Waals surface area contributed by atoms with Crippen LogP contribution >= 0.6 is 0 Å². The number of alkyl halides is 3. The highest BCUT2D eigenvalue weighted by Crippen LogP contribution is 2.29. The Morgan fingerprint density at radius 3 is 2.39 bits per heavy atom. The van der Waals surface area contributed by atoms with Crippen molar-refractivity contribution in [2.45, 2.75) is 25.0 Å². The van der Waals surface area contributed by atoms with Crippen molar-refractivity contribution < 1.29 is 32.3 Å². The number of fused-ring (bicyclic) bond motifs is 1. The summed E-state index contributed by atoms with van der Waals surface area (Å²) in [5.41, 5.74) is 1.16. The van der Waals surface area contributed by atoms with Crippen LogP contribution in [-0.2, 0) is 16.1 Å². The van der Waals surface area contributed by atoms with Gasteiger partial charge < -0.3 is 20.3 Å². The molecule has 8 nitrogen and oxygen atoms in total. The molecule has 0 bridgehead atoms. The molecule has 2 aliphatic heterocycles. The Kier molecular flexibility index (Phi) is 5.71. The summed E-state index contributed by atoms with van der Waals surface area (Å²) in [5.74, 6) is -1.46. The quantitative estimate of drug-likeness (QED) is 0.716. The molecule has 2 heterocycles. The summed E-state index contributed by atoms with van der Waals surface area (Å²) in [7, 11) is 1.62. The Hall–Kier alpha value is -4.02. The van der Waals surface area contributed by atoms with Crippen LogP contribution in [0.4, 0.5) is 23.7 Å². The zero-order chi connectivity index (χ0) is 23.8. The van der Waals surface area contributed by atoms with Crippen molar-refractivity contribution in [2.75, 3.05) is 12.4 Å². The molecule has 4 rings (SSSR count). The minimum Gasteiger partial charge on any atom is -0.406 e. The molecule has 0 spiro atoms. The number of benzene rings is 2. The Morgan fingerprint density at radius 1 is 1.09 bits per heavy atom. The normalized spacial score (nSPS) is 20.2. The van der Waals surface area contributed by atoms with Gasteiger partial charge in [-0.25, -0.2) is 4.79 Å². The van der Waals surface area contributed by atoms with Gasteiger partial charge in [0.2, 0.25) is 0 Å². The number of hydrogen-bond donors (Lipinski definition) is 2. The molecule has 0 radical (unpaired) electrons. The van der Waals surface area contributed by atoms with E-state index in [2.05, 4.69) is 15.4 Å². The highest BCUT2D eigenvalue weighted by molar-refractivity contribution is 6.09. The third-order valence-electron chi connectivity index (χ3n) is 5.27. The van der Waals surface area contributed by atoms with Crippen LogP contribution in [0.1, 0.15) is 5.56 Å². The van der Waals surface area contributed by atoms with E-state index in [9.17, 15) is 27.6 Å². The lowest BCUT2D eigenvalue weighted by atomic mass is 9.99. The first-order valence-electron chi connectivity index (χ1n) is 9.89. The van der Waals surface area contributed by atoms with E-state index >= 15 is 0 Å². The van der Waals surface area contributed by atoms with Crippen LogP contribution in [0.25, 0.3) is 0 Å². The largest absolute Gasteiger partial charge is 0.573 e. The minimum absolute atomic E-state index is 0.0937. The standard InChI is InChI=1S/C22H19F3N4O4/c1-28-12-16(19(30)26-14-7-9-15(10-8-14)33-22(23,24)25)17-18(28)20(31)29(21(32)27-17)11-13-5-3-2-4-6-13/h2-10,12,17-18H,11H2,1H3,(H,26,30)(H,27,32). The van der Waals surface area contributed by atoms with E-state index in [-0.39, 0.29) is 17.8 Å². The minimum atomic E-state index is -4.82. The first kappa shape index (κ1) is 22.2. The van der Waals surface area contributed by atoms with Gasteiger partial charge in [0.25, 0.3) is 11.8 Å². The van der Waals surface area contributed by atoms with Gasteiger partial charge in [0.05, 0.1) is 18.2 Å². The maximum absolute atomic E-state index is 13.1. The van der Waals surface area contributed by atoms with Crippen molar-refractivity contribution >= 4 is 23.5 Å². The number of carbonyl (C=O) groups excluding carboxylic acids is 3. The maximum atomic E-state index is 13.1. The van der Waals surface area contributed by atoms with E-state index in [1.165, 1.54) is 18.3 Å². The topological polar surface area (TPSA) is 91.0 Å². The number of halogens is 3. The molecule has 11 heteroatoms. The Bertz CT molecular complexity index is 1100. The molecule has 2 aliphatic rings. The molecule has 0 aromatic heterocycles. The SMILES string of the molecule is CN1C=C(C(=O)Nc2ccc(OC(F)(F)F)cc2)C2NC(=O)N(Cc3ccccc3)C(=O)C21. The first-order chi connectivity index (χ1) is 15.6. The van der Waals surface area contributed by atoms with Crippen molar-refractivity contribution in [3.63, 3.8) is 0 Å². The average Bonchev–Trinajstić information content (AvgIpc) is 3.08.